The van der Waals surface area contributed by atoms with E-state index in [1.807, 2.05) is 18.2 Å². The van der Waals surface area contributed by atoms with E-state index in [0.717, 1.165) is 5.52 Å². The van der Waals surface area contributed by atoms with Gasteiger partial charge in [0.1, 0.15) is 6.54 Å². The molecule has 1 atom stereocenters. The van der Waals surface area contributed by atoms with Crippen molar-refractivity contribution in [3.8, 4) is 0 Å². The van der Waals surface area contributed by atoms with Crippen LogP contribution in [0.2, 0.25) is 0 Å². The number of aromatic nitrogens is 2. The second-order valence-electron chi connectivity index (χ2n) is 6.35. The molecule has 23 heavy (non-hydrogen) atoms. The highest BCUT2D eigenvalue weighted by atomic mass is 16.4. The molecule has 7 nitrogen and oxygen atoms in total. The minimum absolute atomic E-state index is 0.0735. The number of carbonyl (C=O) groups excluding carboxylic acids is 1. The van der Waals surface area contributed by atoms with E-state index in [4.69, 9.17) is 0 Å². The molecule has 1 saturated heterocycles. The van der Waals surface area contributed by atoms with Gasteiger partial charge in [-0.2, -0.15) is 0 Å². The molecule has 1 aliphatic rings. The number of carboxylic acids is 1. The molecule has 1 amide bonds. The molecule has 2 heterocycles. The Hall–Kier alpha value is -2.57. The summed E-state index contributed by atoms with van der Waals surface area (Å²) in [6.45, 7) is 2.16. The summed E-state index contributed by atoms with van der Waals surface area (Å²) < 4.78 is 2.95. The fourth-order valence-electron chi connectivity index (χ4n) is 3.10. The number of para-hydroxylation sites is 2. The smallest absolute Gasteiger partial charge is 0.329 e. The van der Waals surface area contributed by atoms with Gasteiger partial charge in [-0.15, -0.1) is 0 Å². The number of amides is 1. The second-order valence-corrected chi connectivity index (χ2v) is 6.35. The zero-order chi connectivity index (χ0) is 16.8. The average Bonchev–Trinajstić information content (AvgIpc) is 3.04. The molecular formula is C16H19N3O4. The second kappa shape index (κ2) is 5.26. The summed E-state index contributed by atoms with van der Waals surface area (Å²) in [7, 11) is 1.67. The lowest BCUT2D eigenvalue weighted by Crippen LogP contribution is -2.38. The molecule has 1 aliphatic heterocycles. The van der Waals surface area contributed by atoms with Crippen LogP contribution in [0.3, 0.4) is 0 Å². The van der Waals surface area contributed by atoms with Crippen LogP contribution in [0.15, 0.2) is 29.1 Å². The van der Waals surface area contributed by atoms with Crippen LogP contribution >= 0.6 is 0 Å². The van der Waals surface area contributed by atoms with Gasteiger partial charge in [-0.25, -0.2) is 4.79 Å². The Morgan fingerprint density at radius 3 is 2.52 bits per heavy atom. The van der Waals surface area contributed by atoms with Crippen molar-refractivity contribution in [2.75, 3.05) is 13.1 Å². The van der Waals surface area contributed by atoms with Gasteiger partial charge >= 0.3 is 11.7 Å². The molecule has 0 bridgehead atoms. The van der Waals surface area contributed by atoms with E-state index in [0.29, 0.717) is 18.5 Å². The van der Waals surface area contributed by atoms with Crippen LogP contribution in [0.4, 0.5) is 0 Å². The molecular weight excluding hydrogens is 298 g/mol. The van der Waals surface area contributed by atoms with Crippen LogP contribution < -0.4 is 5.69 Å². The number of fused-ring (bicyclic) bond motifs is 1. The lowest BCUT2D eigenvalue weighted by atomic mass is 9.90. The molecule has 1 N–H and O–H groups in total. The van der Waals surface area contributed by atoms with E-state index in [1.54, 1.807) is 20.0 Å². The fraction of sp³-hybridized carbons (Fsp3) is 0.438. The molecule has 0 saturated carbocycles. The molecule has 1 unspecified atom stereocenters. The summed E-state index contributed by atoms with van der Waals surface area (Å²) in [5.74, 6) is -1.12. The number of imidazole rings is 1. The lowest BCUT2D eigenvalue weighted by molar-refractivity contribution is -0.147. The van der Waals surface area contributed by atoms with E-state index >= 15 is 0 Å². The largest absolute Gasteiger partial charge is 0.481 e. The van der Waals surface area contributed by atoms with Gasteiger partial charge in [0.05, 0.1) is 16.4 Å². The van der Waals surface area contributed by atoms with Gasteiger partial charge in [0.25, 0.3) is 0 Å². The van der Waals surface area contributed by atoms with Gasteiger partial charge in [0.2, 0.25) is 5.91 Å². The van der Waals surface area contributed by atoms with E-state index < -0.39 is 11.4 Å². The molecule has 1 fully saturated rings. The summed E-state index contributed by atoms with van der Waals surface area (Å²) in [5.41, 5.74) is 0.315. The minimum Gasteiger partial charge on any atom is -0.481 e. The Bertz CT molecular complexity index is 851. The number of aryl methyl sites for hydroxylation is 1. The fourth-order valence-corrected chi connectivity index (χ4v) is 3.10. The van der Waals surface area contributed by atoms with Gasteiger partial charge in [-0.1, -0.05) is 12.1 Å². The highest BCUT2D eigenvalue weighted by Gasteiger charge is 2.42. The third-order valence-corrected chi connectivity index (χ3v) is 4.69. The number of nitrogens with zero attached hydrogens (tertiary/aromatic N) is 3. The van der Waals surface area contributed by atoms with Crippen LogP contribution in [-0.2, 0) is 23.2 Å². The maximum atomic E-state index is 12.5. The number of benzene rings is 1. The molecule has 7 heteroatoms. The molecule has 122 valence electrons. The van der Waals surface area contributed by atoms with Gasteiger partial charge < -0.3 is 10.0 Å². The Morgan fingerprint density at radius 2 is 1.91 bits per heavy atom. The molecule has 2 aromatic rings. The third-order valence-electron chi connectivity index (χ3n) is 4.69. The van der Waals surface area contributed by atoms with E-state index in [1.165, 1.54) is 14.0 Å². The Kier molecular flexibility index (Phi) is 3.50. The average molecular weight is 317 g/mol. The number of rotatable bonds is 3. The monoisotopic (exact) mass is 317 g/mol. The van der Waals surface area contributed by atoms with Crippen molar-refractivity contribution in [2.24, 2.45) is 12.5 Å². The normalized spacial score (nSPS) is 21.0. The number of hydrogen-bond acceptors (Lipinski definition) is 3. The summed E-state index contributed by atoms with van der Waals surface area (Å²) in [5, 5.41) is 9.25. The van der Waals surface area contributed by atoms with Crippen molar-refractivity contribution in [2.45, 2.75) is 19.9 Å². The quantitative estimate of drug-likeness (QED) is 0.901. The molecule has 1 aromatic carbocycles. The zero-order valence-electron chi connectivity index (χ0n) is 13.2. The predicted octanol–water partition coefficient (Wildman–Crippen LogP) is 0.663. The Labute approximate surface area is 132 Å². The van der Waals surface area contributed by atoms with Gasteiger partial charge in [-0.3, -0.25) is 18.7 Å². The summed E-state index contributed by atoms with van der Waals surface area (Å²) in [4.78, 5) is 37.6. The summed E-state index contributed by atoms with van der Waals surface area (Å²) in [6.07, 6.45) is 0.429. The van der Waals surface area contributed by atoms with Gasteiger partial charge in [-0.05, 0) is 25.5 Å². The van der Waals surface area contributed by atoms with Gasteiger partial charge in [0.15, 0.2) is 0 Å². The number of likely N-dealkylation sites (tertiary alicyclic amines) is 1. The lowest BCUT2D eigenvalue weighted by Gasteiger charge is -2.20. The zero-order valence-corrected chi connectivity index (χ0v) is 13.2. The van der Waals surface area contributed by atoms with Gasteiger partial charge in [0, 0.05) is 20.1 Å². The van der Waals surface area contributed by atoms with Crippen molar-refractivity contribution < 1.29 is 14.7 Å². The third kappa shape index (κ3) is 2.42. The molecule has 0 spiro atoms. The first kappa shape index (κ1) is 15.3. The Morgan fingerprint density at radius 1 is 1.26 bits per heavy atom. The van der Waals surface area contributed by atoms with Crippen molar-refractivity contribution in [1.29, 1.82) is 0 Å². The number of carboxylic acid groups (broad SMARTS) is 1. The maximum Gasteiger partial charge on any atom is 0.329 e. The first-order chi connectivity index (χ1) is 10.8. The summed E-state index contributed by atoms with van der Waals surface area (Å²) in [6, 6.07) is 7.29. The van der Waals surface area contributed by atoms with Crippen molar-refractivity contribution in [1.82, 2.24) is 14.0 Å². The molecule has 0 aliphatic carbocycles. The standard InChI is InChI=1S/C16H19N3O4/c1-16(14(21)22)7-8-18(10-16)13(20)9-19-12-6-4-3-5-11(12)17(2)15(19)23/h3-6H,7-10H2,1-2H3,(H,21,22). The predicted molar refractivity (Wildman–Crippen MR) is 84.1 cm³/mol. The van der Waals surface area contributed by atoms with Crippen LogP contribution in [0.1, 0.15) is 13.3 Å². The van der Waals surface area contributed by atoms with E-state index in [-0.39, 0.29) is 24.7 Å². The van der Waals surface area contributed by atoms with Crippen molar-refractivity contribution in [3.63, 3.8) is 0 Å². The molecule has 0 radical (unpaired) electrons. The van der Waals surface area contributed by atoms with E-state index in [2.05, 4.69) is 0 Å². The molecule has 3 rings (SSSR count). The Balaban J connectivity index is 1.86. The van der Waals surface area contributed by atoms with E-state index in [9.17, 15) is 19.5 Å². The van der Waals surface area contributed by atoms with Crippen molar-refractivity contribution in [3.05, 3.63) is 34.7 Å². The maximum absolute atomic E-state index is 12.5. The highest BCUT2D eigenvalue weighted by molar-refractivity contribution is 5.82. The van der Waals surface area contributed by atoms with Crippen LogP contribution in [0.5, 0.6) is 0 Å². The minimum atomic E-state index is -0.903. The number of aliphatic carboxylic acids is 1. The SMILES string of the molecule is Cn1c(=O)n(CC(=O)N2CCC(C)(C(=O)O)C2)c2ccccc21. The number of hydrogen-bond donors (Lipinski definition) is 1. The van der Waals surface area contributed by atoms with Crippen LogP contribution in [0, 0.1) is 5.41 Å². The van der Waals surface area contributed by atoms with Crippen LogP contribution in [0.25, 0.3) is 11.0 Å². The number of carbonyl (C=O) groups is 2. The van der Waals surface area contributed by atoms with Crippen molar-refractivity contribution >= 4 is 22.9 Å². The summed E-state index contributed by atoms with van der Waals surface area (Å²) >= 11 is 0. The highest BCUT2D eigenvalue weighted by Crippen LogP contribution is 2.30. The first-order valence-corrected chi connectivity index (χ1v) is 7.49. The first-order valence-electron chi connectivity index (χ1n) is 7.49. The topological polar surface area (TPSA) is 84.5 Å². The van der Waals surface area contributed by atoms with Crippen LogP contribution in [-0.4, -0.2) is 44.1 Å². The molecule has 1 aromatic heterocycles.